The number of benzene rings is 1. The van der Waals surface area contributed by atoms with E-state index in [0.717, 1.165) is 17.9 Å². The predicted molar refractivity (Wildman–Crippen MR) is 89.5 cm³/mol. The van der Waals surface area contributed by atoms with Gasteiger partial charge in [0.1, 0.15) is 0 Å². The van der Waals surface area contributed by atoms with Gasteiger partial charge in [0.2, 0.25) is 18.6 Å². The van der Waals surface area contributed by atoms with E-state index in [1.807, 2.05) is 6.07 Å². The van der Waals surface area contributed by atoms with Crippen LogP contribution < -0.4 is 14.8 Å². The molecule has 1 amide bonds. The van der Waals surface area contributed by atoms with Crippen molar-refractivity contribution in [3.05, 3.63) is 18.2 Å². The Bertz CT molecular complexity index is 808. The van der Waals surface area contributed by atoms with Crippen molar-refractivity contribution < 1.29 is 18.7 Å². The fourth-order valence-corrected chi connectivity index (χ4v) is 3.42. The molecule has 0 saturated carbocycles. The van der Waals surface area contributed by atoms with Crippen LogP contribution >= 0.6 is 23.5 Å². The van der Waals surface area contributed by atoms with Crippen LogP contribution in [0.1, 0.15) is 0 Å². The molecule has 1 N–H and O–H groups in total. The molecule has 0 unspecified atom stereocenters. The number of carbonyl (C=O) groups excluding carboxylic acids is 1. The molecule has 1 aromatic heterocycles. The number of hydrogen-bond acceptors (Lipinski definition) is 9. The topological polar surface area (TPSA) is 98.8 Å². The summed E-state index contributed by atoms with van der Waals surface area (Å²) in [5.74, 6) is 2.66. The van der Waals surface area contributed by atoms with E-state index in [2.05, 4.69) is 20.5 Å². The largest absolute Gasteiger partial charge is 0.454 e. The van der Waals surface area contributed by atoms with Crippen molar-refractivity contribution >= 4 is 34.6 Å². The van der Waals surface area contributed by atoms with E-state index in [9.17, 15) is 4.79 Å². The molecule has 124 valence electrons. The second kappa shape index (κ2) is 6.73. The normalized spacial score (nSPS) is 15.4. The van der Waals surface area contributed by atoms with Crippen LogP contribution in [-0.2, 0) is 4.79 Å². The highest BCUT2D eigenvalue weighted by Gasteiger charge is 2.17. The number of nitrogens with one attached hydrogen (secondary N) is 1. The number of hydrogen-bond donors (Lipinski definition) is 1. The molecule has 2 aliphatic rings. The number of carbonyl (C=O) groups is 1. The third kappa shape index (κ3) is 3.34. The highest BCUT2D eigenvalue weighted by Crippen LogP contribution is 2.35. The molecule has 2 aliphatic heterocycles. The Morgan fingerprint density at radius 1 is 1.29 bits per heavy atom. The van der Waals surface area contributed by atoms with E-state index in [4.69, 9.17) is 13.9 Å². The third-order valence-electron chi connectivity index (χ3n) is 3.18. The van der Waals surface area contributed by atoms with Crippen LogP contribution in [-0.4, -0.2) is 46.1 Å². The lowest BCUT2D eigenvalue weighted by atomic mass is 10.2. The number of amidine groups is 1. The quantitative estimate of drug-likeness (QED) is 0.820. The van der Waals surface area contributed by atoms with Crippen LogP contribution in [0.3, 0.4) is 0 Å². The van der Waals surface area contributed by atoms with Gasteiger partial charge in [0.15, 0.2) is 16.7 Å². The lowest BCUT2D eigenvalue weighted by Gasteiger charge is -2.01. The average molecular weight is 364 g/mol. The van der Waals surface area contributed by atoms with Gasteiger partial charge in [-0.2, -0.15) is 0 Å². The average Bonchev–Trinajstić information content (AvgIpc) is 3.33. The molecular weight excluding hydrogens is 352 g/mol. The zero-order chi connectivity index (χ0) is 16.4. The molecule has 1 aromatic carbocycles. The molecule has 0 atom stereocenters. The van der Waals surface area contributed by atoms with E-state index in [0.29, 0.717) is 27.8 Å². The van der Waals surface area contributed by atoms with Crippen LogP contribution in [0.15, 0.2) is 32.8 Å². The molecule has 24 heavy (non-hydrogen) atoms. The first-order chi connectivity index (χ1) is 11.8. The number of aromatic nitrogens is 2. The maximum Gasteiger partial charge on any atom is 0.277 e. The van der Waals surface area contributed by atoms with Crippen molar-refractivity contribution in [1.29, 1.82) is 0 Å². The predicted octanol–water partition coefficient (Wildman–Crippen LogP) is 1.78. The Hall–Kier alpha value is -2.20. The lowest BCUT2D eigenvalue weighted by molar-refractivity contribution is -0.117. The second-order valence-electron chi connectivity index (χ2n) is 4.81. The van der Waals surface area contributed by atoms with Gasteiger partial charge in [-0.1, -0.05) is 23.5 Å². The van der Waals surface area contributed by atoms with E-state index in [1.54, 1.807) is 12.1 Å². The first-order valence-electron chi connectivity index (χ1n) is 7.11. The van der Waals surface area contributed by atoms with Crippen LogP contribution in [0, 0.1) is 0 Å². The summed E-state index contributed by atoms with van der Waals surface area (Å²) in [6.45, 7) is 0.957. The summed E-state index contributed by atoms with van der Waals surface area (Å²) in [6.07, 6.45) is 0. The molecule has 4 rings (SSSR count). The third-order valence-corrected chi connectivity index (χ3v) is 4.89. The van der Waals surface area contributed by atoms with Gasteiger partial charge < -0.3 is 19.2 Å². The summed E-state index contributed by atoms with van der Waals surface area (Å²) in [6, 6.07) is 5.40. The number of nitrogens with zero attached hydrogens (tertiary/aromatic N) is 3. The number of fused-ring (bicyclic) bond motifs is 1. The Morgan fingerprint density at radius 2 is 2.21 bits per heavy atom. The minimum Gasteiger partial charge on any atom is -0.454 e. The van der Waals surface area contributed by atoms with Crippen molar-refractivity contribution in [2.24, 2.45) is 4.99 Å². The van der Waals surface area contributed by atoms with Crippen LogP contribution in [0.25, 0.3) is 11.5 Å². The lowest BCUT2D eigenvalue weighted by Crippen LogP contribution is -2.28. The molecule has 0 fully saturated rings. The fourth-order valence-electron chi connectivity index (χ4n) is 2.11. The first kappa shape index (κ1) is 15.3. The van der Waals surface area contributed by atoms with Gasteiger partial charge in [0.05, 0.1) is 12.3 Å². The Labute approximate surface area is 145 Å². The second-order valence-corrected chi connectivity index (χ2v) is 6.82. The van der Waals surface area contributed by atoms with Gasteiger partial charge in [-0.15, -0.1) is 10.2 Å². The molecule has 0 saturated heterocycles. The van der Waals surface area contributed by atoms with Gasteiger partial charge >= 0.3 is 0 Å². The molecular formula is C14H12N4O4S2. The summed E-state index contributed by atoms with van der Waals surface area (Å²) in [7, 11) is 0. The molecule has 0 radical (unpaired) electrons. The minimum absolute atomic E-state index is 0.143. The molecule has 2 aromatic rings. The Kier molecular flexibility index (Phi) is 4.30. The van der Waals surface area contributed by atoms with E-state index >= 15 is 0 Å². The zero-order valence-corrected chi connectivity index (χ0v) is 14.0. The standard InChI is InChI=1S/C14H12N4O4S2/c19-11(16-13-15-3-4-23-13)6-24-14-18-17-12(22-14)8-1-2-9-10(5-8)21-7-20-9/h1-2,5H,3-4,6-7H2,(H,15,16,19). The van der Waals surface area contributed by atoms with Crippen molar-refractivity contribution in [1.82, 2.24) is 15.5 Å². The molecule has 0 bridgehead atoms. The van der Waals surface area contributed by atoms with Crippen molar-refractivity contribution in [2.75, 3.05) is 24.8 Å². The summed E-state index contributed by atoms with van der Waals surface area (Å²) >= 11 is 2.72. The van der Waals surface area contributed by atoms with Crippen molar-refractivity contribution in [3.63, 3.8) is 0 Å². The Balaban J connectivity index is 1.37. The van der Waals surface area contributed by atoms with Gasteiger partial charge in [0, 0.05) is 11.3 Å². The van der Waals surface area contributed by atoms with E-state index in [1.165, 1.54) is 23.5 Å². The molecule has 8 nitrogen and oxygen atoms in total. The van der Waals surface area contributed by atoms with Gasteiger partial charge in [-0.05, 0) is 18.2 Å². The monoisotopic (exact) mass is 364 g/mol. The number of rotatable bonds is 4. The Morgan fingerprint density at radius 3 is 3.08 bits per heavy atom. The number of thioether (sulfide) groups is 2. The maximum atomic E-state index is 11.8. The van der Waals surface area contributed by atoms with E-state index < -0.39 is 0 Å². The van der Waals surface area contributed by atoms with Crippen LogP contribution in [0.5, 0.6) is 11.5 Å². The van der Waals surface area contributed by atoms with Crippen molar-refractivity contribution in [3.8, 4) is 23.0 Å². The number of amides is 1. The summed E-state index contributed by atoms with van der Waals surface area (Å²) in [4.78, 5) is 16.0. The summed E-state index contributed by atoms with van der Waals surface area (Å²) in [5, 5.41) is 11.7. The van der Waals surface area contributed by atoms with E-state index in [-0.39, 0.29) is 18.5 Å². The summed E-state index contributed by atoms with van der Waals surface area (Å²) in [5.41, 5.74) is 0.736. The smallest absolute Gasteiger partial charge is 0.277 e. The van der Waals surface area contributed by atoms with Gasteiger partial charge in [-0.3, -0.25) is 9.79 Å². The molecule has 0 aliphatic carbocycles. The van der Waals surface area contributed by atoms with Crippen LogP contribution in [0.4, 0.5) is 0 Å². The number of aliphatic imine (C=N–C) groups is 1. The highest BCUT2D eigenvalue weighted by atomic mass is 32.2. The summed E-state index contributed by atoms with van der Waals surface area (Å²) < 4.78 is 16.2. The highest BCUT2D eigenvalue weighted by molar-refractivity contribution is 8.14. The maximum absolute atomic E-state index is 11.8. The number of ether oxygens (including phenoxy) is 2. The SMILES string of the molecule is O=C(CSc1nnc(-c2ccc3c(c2)OCO3)o1)NC1=NCCS1. The molecule has 0 spiro atoms. The minimum atomic E-state index is -0.143. The molecule has 10 heteroatoms. The molecule has 3 heterocycles. The van der Waals surface area contributed by atoms with Crippen molar-refractivity contribution in [2.45, 2.75) is 5.22 Å². The van der Waals surface area contributed by atoms with Gasteiger partial charge in [0.25, 0.3) is 5.22 Å². The van der Waals surface area contributed by atoms with Crippen LogP contribution in [0.2, 0.25) is 0 Å². The zero-order valence-electron chi connectivity index (χ0n) is 12.4. The van der Waals surface area contributed by atoms with Gasteiger partial charge in [-0.25, -0.2) is 0 Å². The fraction of sp³-hybridized carbons (Fsp3) is 0.286. The first-order valence-corrected chi connectivity index (χ1v) is 9.08.